The first kappa shape index (κ1) is 13.9. The lowest BCUT2D eigenvalue weighted by Gasteiger charge is -1.98. The van der Waals surface area contributed by atoms with Gasteiger partial charge in [-0.3, -0.25) is 0 Å². The van der Waals surface area contributed by atoms with Gasteiger partial charge in [-0.05, 0) is 36.8 Å². The Morgan fingerprint density at radius 2 is 2.24 bits per heavy atom. The SMILES string of the molecule is O=C(O)c1ccc2nc(NCCc3ccc(Cl)s3)oc2c1. The third-order valence-electron chi connectivity index (χ3n) is 2.91. The molecule has 0 atom stereocenters. The van der Waals surface area contributed by atoms with Crippen LogP contribution in [-0.2, 0) is 6.42 Å². The van der Waals surface area contributed by atoms with Crippen molar-refractivity contribution in [3.05, 3.63) is 45.1 Å². The number of oxazole rings is 1. The molecule has 0 radical (unpaired) electrons. The van der Waals surface area contributed by atoms with E-state index in [-0.39, 0.29) is 5.56 Å². The summed E-state index contributed by atoms with van der Waals surface area (Å²) in [6.07, 6.45) is 0.816. The van der Waals surface area contributed by atoms with Gasteiger partial charge in [0, 0.05) is 11.4 Å². The third kappa shape index (κ3) is 3.17. The van der Waals surface area contributed by atoms with Crippen molar-refractivity contribution in [3.63, 3.8) is 0 Å². The molecule has 0 aliphatic heterocycles. The minimum Gasteiger partial charge on any atom is -0.478 e. The average Bonchev–Trinajstić information content (AvgIpc) is 3.03. The Balaban J connectivity index is 1.68. The van der Waals surface area contributed by atoms with E-state index >= 15 is 0 Å². The number of nitrogens with one attached hydrogen (secondary N) is 1. The van der Waals surface area contributed by atoms with Crippen molar-refractivity contribution in [2.45, 2.75) is 6.42 Å². The van der Waals surface area contributed by atoms with Crippen molar-refractivity contribution >= 4 is 46.0 Å². The molecule has 21 heavy (non-hydrogen) atoms. The number of halogens is 1. The van der Waals surface area contributed by atoms with Gasteiger partial charge in [0.1, 0.15) is 5.52 Å². The number of anilines is 1. The molecular formula is C14H11ClN2O3S. The lowest BCUT2D eigenvalue weighted by Crippen LogP contribution is -2.03. The van der Waals surface area contributed by atoms with Crippen LogP contribution >= 0.6 is 22.9 Å². The van der Waals surface area contributed by atoms with Crippen LogP contribution in [0.25, 0.3) is 11.1 Å². The van der Waals surface area contributed by atoms with Crippen LogP contribution in [0.4, 0.5) is 6.01 Å². The summed E-state index contributed by atoms with van der Waals surface area (Å²) in [6, 6.07) is 8.84. The minimum absolute atomic E-state index is 0.179. The number of thiophene rings is 1. The Hall–Kier alpha value is -2.05. The van der Waals surface area contributed by atoms with E-state index < -0.39 is 5.97 Å². The topological polar surface area (TPSA) is 75.4 Å². The van der Waals surface area contributed by atoms with Gasteiger partial charge in [0.25, 0.3) is 6.01 Å². The number of aromatic nitrogens is 1. The number of rotatable bonds is 5. The summed E-state index contributed by atoms with van der Waals surface area (Å²) in [5, 5.41) is 12.0. The third-order valence-corrected chi connectivity index (χ3v) is 4.20. The van der Waals surface area contributed by atoms with Crippen molar-refractivity contribution in [1.29, 1.82) is 0 Å². The van der Waals surface area contributed by atoms with Crippen molar-refractivity contribution < 1.29 is 14.3 Å². The fourth-order valence-electron chi connectivity index (χ4n) is 1.91. The largest absolute Gasteiger partial charge is 0.478 e. The van der Waals surface area contributed by atoms with E-state index in [0.717, 1.165) is 10.8 Å². The maximum absolute atomic E-state index is 10.9. The Morgan fingerprint density at radius 1 is 1.38 bits per heavy atom. The number of aromatic carboxylic acids is 1. The fraction of sp³-hybridized carbons (Fsp3) is 0.143. The normalized spacial score (nSPS) is 10.9. The lowest BCUT2D eigenvalue weighted by molar-refractivity contribution is 0.0697. The van der Waals surface area contributed by atoms with E-state index in [2.05, 4.69) is 10.3 Å². The average molecular weight is 323 g/mol. The first-order valence-electron chi connectivity index (χ1n) is 6.24. The highest BCUT2D eigenvalue weighted by Gasteiger charge is 2.09. The quantitative estimate of drug-likeness (QED) is 0.745. The van der Waals surface area contributed by atoms with E-state index in [1.807, 2.05) is 12.1 Å². The van der Waals surface area contributed by atoms with Gasteiger partial charge in [0.05, 0.1) is 9.90 Å². The van der Waals surface area contributed by atoms with Gasteiger partial charge in [-0.15, -0.1) is 11.3 Å². The first-order chi connectivity index (χ1) is 10.1. The summed E-state index contributed by atoms with van der Waals surface area (Å²) in [6.45, 7) is 0.662. The predicted molar refractivity (Wildman–Crippen MR) is 82.5 cm³/mol. The van der Waals surface area contributed by atoms with Crippen molar-refractivity contribution in [1.82, 2.24) is 4.98 Å². The molecule has 0 saturated carbocycles. The molecule has 1 aromatic carbocycles. The second kappa shape index (κ2) is 5.75. The molecular weight excluding hydrogens is 312 g/mol. The molecule has 0 amide bonds. The van der Waals surface area contributed by atoms with E-state index in [9.17, 15) is 4.79 Å². The molecule has 108 valence electrons. The smallest absolute Gasteiger partial charge is 0.335 e. The Kier molecular flexibility index (Phi) is 3.81. The molecule has 0 saturated heterocycles. The molecule has 3 aromatic rings. The number of carboxylic acid groups (broad SMARTS) is 1. The van der Waals surface area contributed by atoms with E-state index in [1.54, 1.807) is 17.4 Å². The summed E-state index contributed by atoms with van der Waals surface area (Å²) < 4.78 is 6.27. The van der Waals surface area contributed by atoms with Gasteiger partial charge in [-0.1, -0.05) is 11.6 Å². The monoisotopic (exact) mass is 322 g/mol. The fourth-order valence-corrected chi connectivity index (χ4v) is 3.00. The highest BCUT2D eigenvalue weighted by molar-refractivity contribution is 7.16. The Labute approximate surface area is 129 Å². The van der Waals surface area contributed by atoms with Crippen molar-refractivity contribution in [2.75, 3.05) is 11.9 Å². The van der Waals surface area contributed by atoms with Gasteiger partial charge >= 0.3 is 5.97 Å². The molecule has 0 fully saturated rings. The number of benzene rings is 1. The zero-order valence-corrected chi connectivity index (χ0v) is 12.4. The van der Waals surface area contributed by atoms with E-state index in [1.165, 1.54) is 17.0 Å². The summed E-state index contributed by atoms with van der Waals surface area (Å²) in [7, 11) is 0. The van der Waals surface area contributed by atoms with Crippen molar-refractivity contribution in [3.8, 4) is 0 Å². The molecule has 2 N–H and O–H groups in total. The van der Waals surface area contributed by atoms with Crippen LogP contribution in [0.5, 0.6) is 0 Å². The van der Waals surface area contributed by atoms with Crippen LogP contribution in [0.3, 0.4) is 0 Å². The molecule has 3 rings (SSSR count). The van der Waals surface area contributed by atoms with Gasteiger partial charge in [-0.2, -0.15) is 4.98 Å². The summed E-state index contributed by atoms with van der Waals surface area (Å²) in [5.74, 6) is -0.989. The maximum Gasteiger partial charge on any atom is 0.335 e. The van der Waals surface area contributed by atoms with Crippen LogP contribution in [0.15, 0.2) is 34.7 Å². The molecule has 5 nitrogen and oxygen atoms in total. The summed E-state index contributed by atoms with van der Waals surface area (Å²) in [4.78, 5) is 16.3. The number of carbonyl (C=O) groups is 1. The second-order valence-corrected chi connectivity index (χ2v) is 6.19. The number of hydrogen-bond acceptors (Lipinski definition) is 5. The summed E-state index contributed by atoms with van der Waals surface area (Å²) >= 11 is 7.41. The minimum atomic E-state index is -0.989. The van der Waals surface area contributed by atoms with Gasteiger partial charge in [0.2, 0.25) is 0 Å². The second-order valence-electron chi connectivity index (χ2n) is 4.39. The van der Waals surface area contributed by atoms with Gasteiger partial charge < -0.3 is 14.8 Å². The van der Waals surface area contributed by atoms with Crippen LogP contribution in [0.2, 0.25) is 4.34 Å². The molecule has 0 bridgehead atoms. The zero-order chi connectivity index (χ0) is 14.8. The first-order valence-corrected chi connectivity index (χ1v) is 7.43. The van der Waals surface area contributed by atoms with Gasteiger partial charge in [-0.25, -0.2) is 4.79 Å². The lowest BCUT2D eigenvalue weighted by atomic mass is 10.2. The van der Waals surface area contributed by atoms with E-state index in [4.69, 9.17) is 21.1 Å². The number of hydrogen-bond donors (Lipinski definition) is 2. The molecule has 0 unspecified atom stereocenters. The highest BCUT2D eigenvalue weighted by Crippen LogP contribution is 2.23. The van der Waals surface area contributed by atoms with Crippen LogP contribution in [0.1, 0.15) is 15.2 Å². The maximum atomic E-state index is 10.9. The van der Waals surface area contributed by atoms with Crippen LogP contribution in [0, 0.1) is 0 Å². The van der Waals surface area contributed by atoms with Crippen LogP contribution in [-0.4, -0.2) is 22.6 Å². The number of nitrogens with zero attached hydrogens (tertiary/aromatic N) is 1. The summed E-state index contributed by atoms with van der Waals surface area (Å²) in [5.41, 5.74) is 1.26. The molecule has 2 heterocycles. The molecule has 2 aromatic heterocycles. The molecule has 0 aliphatic rings. The Bertz CT molecular complexity index is 796. The molecule has 7 heteroatoms. The number of carboxylic acids is 1. The van der Waals surface area contributed by atoms with Gasteiger partial charge in [0.15, 0.2) is 5.58 Å². The highest BCUT2D eigenvalue weighted by atomic mass is 35.5. The van der Waals surface area contributed by atoms with E-state index in [0.29, 0.717) is 23.7 Å². The number of fused-ring (bicyclic) bond motifs is 1. The zero-order valence-electron chi connectivity index (χ0n) is 10.8. The standard InChI is InChI=1S/C14H11ClN2O3S/c15-12-4-2-9(21-12)5-6-16-14-17-10-3-1-8(13(18)19)7-11(10)20-14/h1-4,7H,5-6H2,(H,16,17)(H,18,19). The molecule has 0 aliphatic carbocycles. The Morgan fingerprint density at radius 3 is 2.95 bits per heavy atom. The van der Waals surface area contributed by atoms with Crippen LogP contribution < -0.4 is 5.32 Å². The predicted octanol–water partition coefficient (Wildman–Crippen LogP) is 3.90. The molecule has 0 spiro atoms. The van der Waals surface area contributed by atoms with Crippen molar-refractivity contribution in [2.24, 2.45) is 0 Å².